The quantitative estimate of drug-likeness (QED) is 0.472. The average molecular weight is 419 g/mol. The standard InChI is InChI=1S/C13H22N2.2Pd/c1-12(2,3)10(14-7)9-11(15-8)13(4,5)6;;/h10-11H,9H2,1-6H3;;. The largest absolute Gasteiger partial charge is 0.313 e. The van der Waals surface area contributed by atoms with Gasteiger partial charge in [-0.05, 0) is 0 Å². The van der Waals surface area contributed by atoms with Crippen LogP contribution in [-0.2, 0) is 40.8 Å². The molecule has 0 aromatic rings. The number of hydrogen-bond acceptors (Lipinski definition) is 0. The van der Waals surface area contributed by atoms with Gasteiger partial charge in [-0.2, -0.15) is 0 Å². The first-order valence-corrected chi connectivity index (χ1v) is 5.36. The van der Waals surface area contributed by atoms with Crippen LogP contribution >= 0.6 is 0 Å². The fourth-order valence-corrected chi connectivity index (χ4v) is 1.41. The van der Waals surface area contributed by atoms with Gasteiger partial charge in [0, 0.05) is 51.7 Å². The van der Waals surface area contributed by atoms with Gasteiger partial charge in [0.1, 0.15) is 0 Å². The molecule has 2 nitrogen and oxygen atoms in total. The predicted molar refractivity (Wildman–Crippen MR) is 64.3 cm³/mol. The molecular weight excluding hydrogens is 397 g/mol. The van der Waals surface area contributed by atoms with Crippen molar-refractivity contribution in [2.75, 3.05) is 0 Å². The summed E-state index contributed by atoms with van der Waals surface area (Å²) in [4.78, 5) is 7.33. The normalized spacial score (nSPS) is 14.4. The van der Waals surface area contributed by atoms with Crippen molar-refractivity contribution in [2.24, 2.45) is 10.8 Å². The second-order valence-electron chi connectivity index (χ2n) is 6.26. The fourth-order valence-electron chi connectivity index (χ4n) is 1.41. The van der Waals surface area contributed by atoms with Crippen LogP contribution < -0.4 is 0 Å². The van der Waals surface area contributed by atoms with Crippen LogP contribution in [0, 0.1) is 24.0 Å². The van der Waals surface area contributed by atoms with Crippen LogP contribution in [0.3, 0.4) is 0 Å². The first-order chi connectivity index (χ1) is 6.62. The van der Waals surface area contributed by atoms with E-state index in [9.17, 15) is 0 Å². The predicted octanol–water partition coefficient (Wildman–Crippen LogP) is 4.04. The third-order valence-corrected chi connectivity index (χ3v) is 2.76. The van der Waals surface area contributed by atoms with Crippen molar-refractivity contribution >= 4 is 0 Å². The topological polar surface area (TPSA) is 8.72 Å². The summed E-state index contributed by atoms with van der Waals surface area (Å²) in [5.74, 6) is 0. The van der Waals surface area contributed by atoms with E-state index in [-0.39, 0.29) is 63.8 Å². The van der Waals surface area contributed by atoms with E-state index in [1.165, 1.54) is 0 Å². The molecule has 0 radical (unpaired) electrons. The van der Waals surface area contributed by atoms with Gasteiger partial charge in [0.15, 0.2) is 0 Å². The molecule has 104 valence electrons. The van der Waals surface area contributed by atoms with Crippen molar-refractivity contribution < 1.29 is 40.8 Å². The van der Waals surface area contributed by atoms with Crippen LogP contribution in [0.5, 0.6) is 0 Å². The Morgan fingerprint density at radius 3 is 1.12 bits per heavy atom. The zero-order valence-electron chi connectivity index (χ0n) is 11.4. The molecular formula is C13H22N2Pd2. The summed E-state index contributed by atoms with van der Waals surface area (Å²) in [5.41, 5.74) is -0.0636. The van der Waals surface area contributed by atoms with Gasteiger partial charge < -0.3 is 9.69 Å². The Morgan fingerprint density at radius 1 is 0.765 bits per heavy atom. The first-order valence-electron chi connectivity index (χ1n) is 5.36. The molecule has 0 rings (SSSR count). The molecule has 0 heterocycles. The maximum Gasteiger partial charge on any atom is 0.235 e. The number of nitrogens with zero attached hydrogens (tertiary/aromatic N) is 2. The molecule has 2 unspecified atom stereocenters. The van der Waals surface area contributed by atoms with Crippen LogP contribution in [0.4, 0.5) is 0 Å². The first kappa shape index (κ1) is 22.5. The third kappa shape index (κ3) is 8.09. The van der Waals surface area contributed by atoms with Gasteiger partial charge in [-0.3, -0.25) is 0 Å². The van der Waals surface area contributed by atoms with Crippen molar-refractivity contribution in [1.29, 1.82) is 0 Å². The van der Waals surface area contributed by atoms with Gasteiger partial charge in [0.25, 0.3) is 0 Å². The Balaban J connectivity index is -0.000000980. The maximum atomic E-state index is 7.21. The smallest absolute Gasteiger partial charge is 0.235 e. The summed E-state index contributed by atoms with van der Waals surface area (Å²) < 4.78 is 0. The van der Waals surface area contributed by atoms with Crippen molar-refractivity contribution in [3.63, 3.8) is 0 Å². The molecule has 0 amide bonds. The van der Waals surface area contributed by atoms with Gasteiger partial charge in [-0.15, -0.1) is 0 Å². The summed E-state index contributed by atoms with van der Waals surface area (Å²) in [6.45, 7) is 26.8. The Morgan fingerprint density at radius 2 is 1.00 bits per heavy atom. The van der Waals surface area contributed by atoms with Gasteiger partial charge in [0.2, 0.25) is 12.1 Å². The molecule has 0 spiro atoms. The zero-order valence-corrected chi connectivity index (χ0v) is 14.5. The Kier molecular flexibility index (Phi) is 11.1. The molecule has 0 saturated carbocycles. The van der Waals surface area contributed by atoms with Gasteiger partial charge in [-0.1, -0.05) is 41.5 Å². The van der Waals surface area contributed by atoms with E-state index >= 15 is 0 Å². The monoisotopic (exact) mass is 418 g/mol. The van der Waals surface area contributed by atoms with Crippen molar-refractivity contribution in [1.82, 2.24) is 0 Å². The van der Waals surface area contributed by atoms with E-state index in [2.05, 4.69) is 51.2 Å². The molecule has 0 aliphatic rings. The van der Waals surface area contributed by atoms with Crippen LogP contribution in [0.15, 0.2) is 0 Å². The SMILES string of the molecule is [C-]#[N+]C(CC([N+]#[C-])C(C)(C)C)C(C)(C)C.[Pd].[Pd]. The van der Waals surface area contributed by atoms with Gasteiger partial charge in [-0.25, -0.2) is 13.1 Å². The molecule has 2 atom stereocenters. The molecule has 0 saturated heterocycles. The van der Waals surface area contributed by atoms with E-state index in [0.717, 1.165) is 0 Å². The van der Waals surface area contributed by atoms with Crippen LogP contribution in [-0.4, -0.2) is 12.1 Å². The Bertz CT molecular complexity index is 257. The van der Waals surface area contributed by atoms with Crippen LogP contribution in [0.2, 0.25) is 0 Å². The van der Waals surface area contributed by atoms with Crippen molar-refractivity contribution in [3.05, 3.63) is 22.8 Å². The summed E-state index contributed by atoms with van der Waals surface area (Å²) in [6, 6.07) is -0.119. The van der Waals surface area contributed by atoms with Gasteiger partial charge >= 0.3 is 0 Å². The van der Waals surface area contributed by atoms with Crippen molar-refractivity contribution in [2.45, 2.75) is 60.0 Å². The molecule has 0 aliphatic heterocycles. The van der Waals surface area contributed by atoms with E-state index in [1.807, 2.05) is 0 Å². The second kappa shape index (κ2) is 8.41. The maximum absolute atomic E-state index is 7.21. The van der Waals surface area contributed by atoms with Crippen LogP contribution in [0.25, 0.3) is 9.69 Å². The van der Waals surface area contributed by atoms with E-state index in [4.69, 9.17) is 13.1 Å². The molecule has 4 heteroatoms. The minimum absolute atomic E-state index is 0. The van der Waals surface area contributed by atoms with E-state index in [1.54, 1.807) is 0 Å². The summed E-state index contributed by atoms with van der Waals surface area (Å²) in [7, 11) is 0. The minimum atomic E-state index is -0.0594. The fraction of sp³-hybridized carbons (Fsp3) is 0.846. The molecule has 0 fully saturated rings. The van der Waals surface area contributed by atoms with Gasteiger partial charge in [0.05, 0.1) is 6.42 Å². The Hall–Kier alpha value is 0.305. The number of rotatable bonds is 2. The van der Waals surface area contributed by atoms with Crippen LogP contribution in [0.1, 0.15) is 48.0 Å². The molecule has 0 N–H and O–H groups in total. The number of hydrogen-bond donors (Lipinski definition) is 0. The molecule has 0 aromatic carbocycles. The molecule has 0 aromatic heterocycles. The summed E-state index contributed by atoms with van der Waals surface area (Å²) in [6.07, 6.45) is 0.681. The zero-order chi connectivity index (χ0) is 12.3. The average Bonchev–Trinajstić information content (AvgIpc) is 2.01. The molecule has 17 heavy (non-hydrogen) atoms. The summed E-state index contributed by atoms with van der Waals surface area (Å²) in [5, 5.41) is 0. The molecule has 0 aliphatic carbocycles. The van der Waals surface area contributed by atoms with E-state index < -0.39 is 0 Å². The Labute approximate surface area is 134 Å². The second-order valence-corrected chi connectivity index (χ2v) is 6.26. The van der Waals surface area contributed by atoms with Crippen molar-refractivity contribution in [3.8, 4) is 0 Å². The summed E-state index contributed by atoms with van der Waals surface area (Å²) >= 11 is 0. The third-order valence-electron chi connectivity index (χ3n) is 2.76. The minimum Gasteiger partial charge on any atom is -0.313 e. The molecule has 0 bridgehead atoms. The van der Waals surface area contributed by atoms with E-state index in [0.29, 0.717) is 6.42 Å².